The maximum Gasteiger partial charge on any atom is 0.319 e. The number of methoxy groups -OCH3 is 1. The van der Waals surface area contributed by atoms with Crippen LogP contribution in [0.15, 0.2) is 0 Å². The predicted octanol–water partition coefficient (Wildman–Crippen LogP) is 2.11. The fraction of sp³-hybridized carbons (Fsp3) is 0.917. The van der Waals surface area contributed by atoms with Crippen LogP contribution in [0.3, 0.4) is 0 Å². The SMILES string of the molecule is CCC1CCCC(NCC(=O)OC)CC1. The minimum absolute atomic E-state index is 0.161. The Morgan fingerprint density at radius 2 is 2.13 bits per heavy atom. The van der Waals surface area contributed by atoms with Crippen LogP contribution in [0, 0.1) is 5.92 Å². The Balaban J connectivity index is 2.22. The second-order valence-electron chi connectivity index (χ2n) is 4.44. The lowest BCUT2D eigenvalue weighted by Gasteiger charge is -2.15. The Labute approximate surface area is 92.6 Å². The number of esters is 1. The fourth-order valence-corrected chi connectivity index (χ4v) is 2.29. The summed E-state index contributed by atoms with van der Waals surface area (Å²) in [5, 5.41) is 3.28. The van der Waals surface area contributed by atoms with Gasteiger partial charge in [0, 0.05) is 6.04 Å². The molecule has 88 valence electrons. The largest absolute Gasteiger partial charge is 0.468 e. The Kier molecular flexibility index (Phi) is 5.69. The Morgan fingerprint density at radius 3 is 2.80 bits per heavy atom. The summed E-state index contributed by atoms with van der Waals surface area (Å²) in [5.41, 5.74) is 0. The summed E-state index contributed by atoms with van der Waals surface area (Å²) < 4.78 is 4.61. The van der Waals surface area contributed by atoms with Crippen LogP contribution in [-0.4, -0.2) is 25.7 Å². The molecule has 0 saturated heterocycles. The third-order valence-electron chi connectivity index (χ3n) is 3.43. The average Bonchev–Trinajstić information content (AvgIpc) is 2.50. The van der Waals surface area contributed by atoms with Crippen molar-refractivity contribution in [3.8, 4) is 0 Å². The van der Waals surface area contributed by atoms with Gasteiger partial charge in [0.05, 0.1) is 13.7 Å². The second-order valence-corrected chi connectivity index (χ2v) is 4.44. The molecule has 0 aromatic heterocycles. The van der Waals surface area contributed by atoms with Crippen LogP contribution in [0.2, 0.25) is 0 Å². The van der Waals surface area contributed by atoms with E-state index in [1.54, 1.807) is 0 Å². The first-order valence-corrected chi connectivity index (χ1v) is 6.06. The summed E-state index contributed by atoms with van der Waals surface area (Å²) in [6.07, 6.45) is 7.65. The number of hydrogen-bond acceptors (Lipinski definition) is 3. The lowest BCUT2D eigenvalue weighted by Crippen LogP contribution is -2.33. The molecule has 3 heteroatoms. The molecule has 1 aliphatic carbocycles. The van der Waals surface area contributed by atoms with Crippen LogP contribution >= 0.6 is 0 Å². The van der Waals surface area contributed by atoms with Crippen LogP contribution in [0.1, 0.15) is 45.4 Å². The van der Waals surface area contributed by atoms with Crippen molar-refractivity contribution < 1.29 is 9.53 Å². The summed E-state index contributed by atoms with van der Waals surface area (Å²) >= 11 is 0. The Hall–Kier alpha value is -0.570. The quantitative estimate of drug-likeness (QED) is 0.574. The van der Waals surface area contributed by atoms with Gasteiger partial charge in [-0.05, 0) is 25.2 Å². The van der Waals surface area contributed by atoms with E-state index in [0.717, 1.165) is 5.92 Å². The van der Waals surface area contributed by atoms with Gasteiger partial charge in [-0.1, -0.05) is 26.2 Å². The zero-order valence-corrected chi connectivity index (χ0v) is 9.92. The van der Waals surface area contributed by atoms with Crippen molar-refractivity contribution in [1.82, 2.24) is 5.32 Å². The summed E-state index contributed by atoms with van der Waals surface area (Å²) in [6.45, 7) is 2.63. The third kappa shape index (κ3) is 4.65. The molecule has 1 saturated carbocycles. The first kappa shape index (κ1) is 12.5. The Morgan fingerprint density at radius 1 is 1.33 bits per heavy atom. The van der Waals surface area contributed by atoms with Crippen LogP contribution < -0.4 is 5.32 Å². The van der Waals surface area contributed by atoms with E-state index >= 15 is 0 Å². The maximum absolute atomic E-state index is 11.0. The van der Waals surface area contributed by atoms with Crippen LogP contribution in [0.4, 0.5) is 0 Å². The van der Waals surface area contributed by atoms with E-state index in [1.165, 1.54) is 45.6 Å². The number of hydrogen-bond donors (Lipinski definition) is 1. The zero-order chi connectivity index (χ0) is 11.1. The van der Waals surface area contributed by atoms with Crippen molar-refractivity contribution in [2.45, 2.75) is 51.5 Å². The highest BCUT2D eigenvalue weighted by Gasteiger charge is 2.17. The van der Waals surface area contributed by atoms with Gasteiger partial charge >= 0.3 is 5.97 Å². The molecule has 0 radical (unpaired) electrons. The van der Waals surface area contributed by atoms with Crippen LogP contribution in [0.25, 0.3) is 0 Å². The summed E-state index contributed by atoms with van der Waals surface area (Å²) in [7, 11) is 1.43. The molecule has 0 aliphatic heterocycles. The van der Waals surface area contributed by atoms with Gasteiger partial charge in [0.25, 0.3) is 0 Å². The summed E-state index contributed by atoms with van der Waals surface area (Å²) in [5.74, 6) is 0.737. The van der Waals surface area contributed by atoms with E-state index in [4.69, 9.17) is 0 Å². The van der Waals surface area contributed by atoms with E-state index < -0.39 is 0 Å². The zero-order valence-electron chi connectivity index (χ0n) is 9.92. The van der Waals surface area contributed by atoms with Crippen molar-refractivity contribution >= 4 is 5.97 Å². The number of ether oxygens (including phenoxy) is 1. The number of rotatable bonds is 4. The maximum atomic E-state index is 11.0. The third-order valence-corrected chi connectivity index (χ3v) is 3.43. The summed E-state index contributed by atoms with van der Waals surface area (Å²) in [6, 6.07) is 0.514. The molecule has 3 nitrogen and oxygen atoms in total. The second kappa shape index (κ2) is 6.83. The monoisotopic (exact) mass is 213 g/mol. The average molecular weight is 213 g/mol. The predicted molar refractivity (Wildman–Crippen MR) is 60.7 cm³/mol. The van der Waals surface area contributed by atoms with Gasteiger partial charge in [-0.3, -0.25) is 4.79 Å². The molecule has 0 amide bonds. The van der Waals surface area contributed by atoms with Crippen molar-refractivity contribution in [2.75, 3.05) is 13.7 Å². The van der Waals surface area contributed by atoms with Crippen molar-refractivity contribution in [1.29, 1.82) is 0 Å². The molecular formula is C12H23NO2. The smallest absolute Gasteiger partial charge is 0.319 e. The van der Waals surface area contributed by atoms with Gasteiger partial charge in [0.1, 0.15) is 0 Å². The van der Waals surface area contributed by atoms with E-state index in [-0.39, 0.29) is 5.97 Å². The molecule has 0 bridgehead atoms. The molecule has 2 atom stereocenters. The van der Waals surface area contributed by atoms with Gasteiger partial charge in [-0.15, -0.1) is 0 Å². The minimum atomic E-state index is -0.161. The minimum Gasteiger partial charge on any atom is -0.468 e. The number of carbonyl (C=O) groups is 1. The van der Waals surface area contributed by atoms with Crippen LogP contribution in [-0.2, 0) is 9.53 Å². The van der Waals surface area contributed by atoms with Crippen molar-refractivity contribution in [3.63, 3.8) is 0 Å². The molecule has 1 rings (SSSR count). The molecule has 0 heterocycles. The molecule has 1 aliphatic rings. The van der Waals surface area contributed by atoms with E-state index in [1.807, 2.05) is 0 Å². The molecular weight excluding hydrogens is 190 g/mol. The first-order chi connectivity index (χ1) is 7.26. The lowest BCUT2D eigenvalue weighted by atomic mass is 9.98. The lowest BCUT2D eigenvalue weighted by molar-refractivity contribution is -0.139. The topological polar surface area (TPSA) is 38.3 Å². The standard InChI is InChI=1S/C12H23NO2/c1-3-10-5-4-6-11(8-7-10)13-9-12(14)15-2/h10-11,13H,3-9H2,1-2H3. The van der Waals surface area contributed by atoms with Crippen molar-refractivity contribution in [2.24, 2.45) is 5.92 Å². The number of carbonyl (C=O) groups excluding carboxylic acids is 1. The fourth-order valence-electron chi connectivity index (χ4n) is 2.29. The molecule has 0 spiro atoms. The first-order valence-electron chi connectivity index (χ1n) is 6.06. The highest BCUT2D eigenvalue weighted by Crippen LogP contribution is 2.25. The molecule has 1 fully saturated rings. The summed E-state index contributed by atoms with van der Waals surface area (Å²) in [4.78, 5) is 11.0. The molecule has 15 heavy (non-hydrogen) atoms. The van der Waals surface area contributed by atoms with Gasteiger partial charge in [-0.2, -0.15) is 0 Å². The van der Waals surface area contributed by atoms with Crippen LogP contribution in [0.5, 0.6) is 0 Å². The van der Waals surface area contributed by atoms with Gasteiger partial charge in [-0.25, -0.2) is 0 Å². The van der Waals surface area contributed by atoms with E-state index in [2.05, 4.69) is 17.0 Å². The van der Waals surface area contributed by atoms with Gasteiger partial charge in [0.15, 0.2) is 0 Å². The Bertz CT molecular complexity index is 194. The van der Waals surface area contributed by atoms with E-state index in [9.17, 15) is 4.79 Å². The van der Waals surface area contributed by atoms with Crippen molar-refractivity contribution in [3.05, 3.63) is 0 Å². The highest BCUT2D eigenvalue weighted by molar-refractivity contribution is 5.71. The molecule has 1 N–H and O–H groups in total. The molecule has 2 unspecified atom stereocenters. The molecule has 0 aromatic rings. The van der Waals surface area contributed by atoms with Gasteiger partial charge < -0.3 is 10.1 Å². The van der Waals surface area contributed by atoms with Gasteiger partial charge in [0.2, 0.25) is 0 Å². The molecule has 0 aromatic carbocycles. The number of nitrogens with one attached hydrogen (secondary N) is 1. The van der Waals surface area contributed by atoms with E-state index in [0.29, 0.717) is 12.6 Å². The highest BCUT2D eigenvalue weighted by atomic mass is 16.5. The normalized spacial score (nSPS) is 27.1.